The van der Waals surface area contributed by atoms with E-state index in [9.17, 15) is 8.42 Å². The number of rotatable bonds is 6. The lowest BCUT2D eigenvalue weighted by Gasteiger charge is -2.14. The van der Waals surface area contributed by atoms with Crippen molar-refractivity contribution in [2.45, 2.75) is 44.1 Å². The van der Waals surface area contributed by atoms with Crippen molar-refractivity contribution in [3.63, 3.8) is 0 Å². The lowest BCUT2D eigenvalue weighted by molar-refractivity contribution is 0.203. The molecular formula is C14H18O3S. The molecule has 0 N–H and O–H groups in total. The molecule has 0 aliphatic carbocycles. The summed E-state index contributed by atoms with van der Waals surface area (Å²) in [6.45, 7) is 3.86. The second-order valence-electron chi connectivity index (χ2n) is 4.18. The summed E-state index contributed by atoms with van der Waals surface area (Å²) in [5, 5.41) is 0. The van der Waals surface area contributed by atoms with E-state index >= 15 is 0 Å². The van der Waals surface area contributed by atoms with Gasteiger partial charge in [0.25, 0.3) is 10.1 Å². The van der Waals surface area contributed by atoms with Gasteiger partial charge >= 0.3 is 0 Å². The molecule has 1 aromatic carbocycles. The Morgan fingerprint density at radius 2 is 1.94 bits per heavy atom. The molecule has 0 fully saturated rings. The fraction of sp³-hybridized carbons (Fsp3) is 0.429. The number of benzene rings is 1. The first kappa shape index (κ1) is 14.7. The highest BCUT2D eigenvalue weighted by Gasteiger charge is 2.20. The standard InChI is InChI=1S/C14H18O3S/c1-4-6-13(7-5-2)17-18(15,16)14-10-8-12(3)9-11-14/h1,8-11,13H,5-7H2,2-3H3. The number of aryl methyl sites for hydroxylation is 1. The second-order valence-corrected chi connectivity index (χ2v) is 5.75. The Hall–Kier alpha value is -1.31. The molecule has 0 radical (unpaired) electrons. The average Bonchev–Trinajstić information content (AvgIpc) is 2.29. The molecule has 0 saturated heterocycles. The lowest BCUT2D eigenvalue weighted by Crippen LogP contribution is -2.18. The predicted molar refractivity (Wildman–Crippen MR) is 71.6 cm³/mol. The van der Waals surface area contributed by atoms with Gasteiger partial charge in [-0.15, -0.1) is 12.3 Å². The SMILES string of the molecule is C#CCC(CCC)OS(=O)(=O)c1ccc(C)cc1. The van der Waals surface area contributed by atoms with Crippen molar-refractivity contribution < 1.29 is 12.6 Å². The maximum Gasteiger partial charge on any atom is 0.297 e. The van der Waals surface area contributed by atoms with Crippen LogP contribution in [-0.4, -0.2) is 14.5 Å². The highest BCUT2D eigenvalue weighted by molar-refractivity contribution is 7.86. The lowest BCUT2D eigenvalue weighted by atomic mass is 10.1. The molecule has 0 aliphatic heterocycles. The Morgan fingerprint density at radius 3 is 2.44 bits per heavy atom. The van der Waals surface area contributed by atoms with Crippen molar-refractivity contribution in [3.05, 3.63) is 29.8 Å². The van der Waals surface area contributed by atoms with Crippen LogP contribution in [0.4, 0.5) is 0 Å². The fourth-order valence-corrected chi connectivity index (χ4v) is 2.68. The first-order chi connectivity index (χ1) is 8.49. The molecule has 4 heteroatoms. The molecule has 1 atom stereocenters. The first-order valence-corrected chi connectivity index (χ1v) is 7.34. The molecule has 1 unspecified atom stereocenters. The van der Waals surface area contributed by atoms with Crippen molar-refractivity contribution >= 4 is 10.1 Å². The van der Waals surface area contributed by atoms with Crippen molar-refractivity contribution in [2.24, 2.45) is 0 Å². The zero-order chi connectivity index (χ0) is 13.6. The summed E-state index contributed by atoms with van der Waals surface area (Å²) in [4.78, 5) is 0.172. The van der Waals surface area contributed by atoms with E-state index in [1.54, 1.807) is 24.3 Å². The van der Waals surface area contributed by atoms with Crippen LogP contribution in [0.2, 0.25) is 0 Å². The summed E-state index contributed by atoms with van der Waals surface area (Å²) in [5.41, 5.74) is 1.00. The largest absolute Gasteiger partial charge is 0.297 e. The van der Waals surface area contributed by atoms with Crippen molar-refractivity contribution in [2.75, 3.05) is 0 Å². The van der Waals surface area contributed by atoms with Gasteiger partial charge in [-0.25, -0.2) is 0 Å². The van der Waals surface area contributed by atoms with Gasteiger partial charge in [0.2, 0.25) is 0 Å². The maximum atomic E-state index is 12.0. The van der Waals surface area contributed by atoms with E-state index in [1.807, 2.05) is 13.8 Å². The van der Waals surface area contributed by atoms with Gasteiger partial charge in [-0.05, 0) is 25.5 Å². The number of terminal acetylenes is 1. The van der Waals surface area contributed by atoms with E-state index in [4.69, 9.17) is 10.6 Å². The van der Waals surface area contributed by atoms with Gasteiger partial charge in [0.15, 0.2) is 0 Å². The monoisotopic (exact) mass is 266 g/mol. The highest BCUT2D eigenvalue weighted by atomic mass is 32.2. The van der Waals surface area contributed by atoms with E-state index in [0.29, 0.717) is 12.8 Å². The normalized spacial score (nSPS) is 12.9. The predicted octanol–water partition coefficient (Wildman–Crippen LogP) is 2.89. The average molecular weight is 266 g/mol. The summed E-state index contributed by atoms with van der Waals surface area (Å²) < 4.78 is 29.2. The minimum absolute atomic E-state index is 0.172. The quantitative estimate of drug-likeness (QED) is 0.587. The molecule has 0 saturated carbocycles. The molecule has 3 nitrogen and oxygen atoms in total. The third kappa shape index (κ3) is 4.17. The molecule has 98 valence electrons. The van der Waals surface area contributed by atoms with Crippen LogP contribution in [0.5, 0.6) is 0 Å². The second kappa shape index (κ2) is 6.58. The smallest absolute Gasteiger partial charge is 0.262 e. The van der Waals surface area contributed by atoms with Gasteiger partial charge < -0.3 is 0 Å². The molecular weight excluding hydrogens is 248 g/mol. The molecule has 1 rings (SSSR count). The summed E-state index contributed by atoms with van der Waals surface area (Å²) >= 11 is 0. The number of hydrogen-bond donors (Lipinski definition) is 0. The van der Waals surface area contributed by atoms with Crippen LogP contribution in [0.1, 0.15) is 31.7 Å². The van der Waals surface area contributed by atoms with Gasteiger partial charge in [-0.1, -0.05) is 31.0 Å². The zero-order valence-corrected chi connectivity index (χ0v) is 11.5. The Bertz CT molecular complexity index is 509. The molecule has 0 amide bonds. The summed E-state index contributed by atoms with van der Waals surface area (Å²) in [6, 6.07) is 6.57. The third-order valence-corrected chi connectivity index (χ3v) is 3.90. The van der Waals surface area contributed by atoms with Crippen LogP contribution in [0, 0.1) is 19.3 Å². The fourth-order valence-electron chi connectivity index (χ4n) is 1.58. The van der Waals surface area contributed by atoms with Crippen molar-refractivity contribution in [3.8, 4) is 12.3 Å². The van der Waals surface area contributed by atoms with Gasteiger partial charge in [-0.2, -0.15) is 8.42 Å². The van der Waals surface area contributed by atoms with E-state index in [-0.39, 0.29) is 4.90 Å². The topological polar surface area (TPSA) is 43.4 Å². The van der Waals surface area contributed by atoms with Gasteiger partial charge in [0.1, 0.15) is 0 Å². The van der Waals surface area contributed by atoms with Gasteiger partial charge in [0, 0.05) is 6.42 Å². The summed E-state index contributed by atoms with van der Waals surface area (Å²) in [5.74, 6) is 2.45. The molecule has 0 aromatic heterocycles. The number of hydrogen-bond acceptors (Lipinski definition) is 3. The van der Waals surface area contributed by atoms with Crippen LogP contribution in [0.3, 0.4) is 0 Å². The molecule has 0 bridgehead atoms. The van der Waals surface area contributed by atoms with Crippen LogP contribution in [0.25, 0.3) is 0 Å². The van der Waals surface area contributed by atoms with E-state index < -0.39 is 16.2 Å². The zero-order valence-electron chi connectivity index (χ0n) is 10.7. The van der Waals surface area contributed by atoms with E-state index in [1.165, 1.54) is 0 Å². The van der Waals surface area contributed by atoms with Crippen molar-refractivity contribution in [1.29, 1.82) is 0 Å². The summed E-state index contributed by atoms with van der Waals surface area (Å²) in [7, 11) is -3.72. The Balaban J connectivity index is 2.86. The van der Waals surface area contributed by atoms with Crippen LogP contribution in [-0.2, 0) is 14.3 Å². The van der Waals surface area contributed by atoms with E-state index in [2.05, 4.69) is 5.92 Å². The van der Waals surface area contributed by atoms with Crippen molar-refractivity contribution in [1.82, 2.24) is 0 Å². The molecule has 0 heterocycles. The maximum absolute atomic E-state index is 12.0. The Morgan fingerprint density at radius 1 is 1.33 bits per heavy atom. The molecule has 18 heavy (non-hydrogen) atoms. The minimum Gasteiger partial charge on any atom is -0.262 e. The van der Waals surface area contributed by atoms with Gasteiger partial charge in [0.05, 0.1) is 11.0 Å². The molecule has 1 aromatic rings. The third-order valence-electron chi connectivity index (χ3n) is 2.53. The van der Waals surface area contributed by atoms with E-state index in [0.717, 1.165) is 12.0 Å². The minimum atomic E-state index is -3.72. The summed E-state index contributed by atoms with van der Waals surface area (Å²) in [6.07, 6.45) is 6.54. The van der Waals surface area contributed by atoms with Crippen LogP contribution in [0.15, 0.2) is 29.2 Å². The Labute approximate surface area is 109 Å². The highest BCUT2D eigenvalue weighted by Crippen LogP contribution is 2.18. The first-order valence-electron chi connectivity index (χ1n) is 5.93. The van der Waals surface area contributed by atoms with Crippen LogP contribution < -0.4 is 0 Å². The molecule has 0 aliphatic rings. The Kier molecular flexibility index (Phi) is 5.39. The molecule has 0 spiro atoms. The van der Waals surface area contributed by atoms with Crippen LogP contribution >= 0.6 is 0 Å². The van der Waals surface area contributed by atoms with Gasteiger partial charge in [-0.3, -0.25) is 4.18 Å².